The third kappa shape index (κ3) is 5.43. The van der Waals surface area contributed by atoms with Gasteiger partial charge < -0.3 is 4.74 Å². The molecule has 1 aliphatic rings. The fourth-order valence-electron chi connectivity index (χ4n) is 4.20. The largest absolute Gasteiger partial charge is 0.492 e. The van der Waals surface area contributed by atoms with Crippen LogP contribution in [0.25, 0.3) is 0 Å². The molecule has 0 bridgehead atoms. The molecule has 144 valence electrons. The molecule has 1 fully saturated rings. The molecule has 0 N–H and O–H groups in total. The minimum atomic E-state index is 0.226. The second-order valence-electron chi connectivity index (χ2n) is 7.87. The molecule has 2 aromatic carbocycles. The number of piperidine rings is 1. The van der Waals surface area contributed by atoms with Crippen LogP contribution in [0.4, 0.5) is 0 Å². The maximum atomic E-state index is 11.7. The third-order valence-electron chi connectivity index (χ3n) is 5.75. The van der Waals surface area contributed by atoms with E-state index in [1.54, 1.807) is 6.92 Å². The van der Waals surface area contributed by atoms with E-state index in [0.29, 0.717) is 24.5 Å². The van der Waals surface area contributed by atoms with Crippen molar-refractivity contribution in [3.8, 4) is 5.75 Å². The number of likely N-dealkylation sites (tertiary alicyclic amines) is 1. The summed E-state index contributed by atoms with van der Waals surface area (Å²) >= 11 is 0. The smallest absolute Gasteiger partial charge is 0.133 e. The summed E-state index contributed by atoms with van der Waals surface area (Å²) in [6, 6.07) is 19.8. The van der Waals surface area contributed by atoms with Gasteiger partial charge in [0.05, 0.1) is 0 Å². The monoisotopic (exact) mass is 365 g/mol. The van der Waals surface area contributed by atoms with Crippen LogP contribution in [0.1, 0.15) is 44.7 Å². The Morgan fingerprint density at radius 1 is 0.963 bits per heavy atom. The number of rotatable bonds is 7. The Labute approximate surface area is 163 Å². The number of nitrogens with zero attached hydrogens (tertiary/aromatic N) is 1. The SMILES string of the molecule is CC(=O)C1C[C@@H](C)N(CCOc2ccc(Cc3ccccc3)cc2)[C@@H](C)C1. The van der Waals surface area contributed by atoms with Crippen molar-refractivity contribution in [1.29, 1.82) is 0 Å². The fourth-order valence-corrected chi connectivity index (χ4v) is 4.20. The first kappa shape index (κ1) is 19.6. The Kier molecular flexibility index (Phi) is 6.68. The van der Waals surface area contributed by atoms with Gasteiger partial charge in [-0.15, -0.1) is 0 Å². The Hall–Kier alpha value is -2.13. The standard InChI is InChI=1S/C24H31NO2/c1-18-15-23(20(3)26)16-19(2)25(18)13-14-27-24-11-9-22(10-12-24)17-21-7-5-4-6-8-21/h4-12,18-19,23H,13-17H2,1-3H3/t18-,19+,23?. The van der Waals surface area contributed by atoms with Gasteiger partial charge in [-0.3, -0.25) is 9.69 Å². The van der Waals surface area contributed by atoms with E-state index in [1.807, 2.05) is 6.07 Å². The molecule has 1 heterocycles. The number of hydrogen-bond acceptors (Lipinski definition) is 3. The quantitative estimate of drug-likeness (QED) is 0.710. The Morgan fingerprint density at radius 3 is 2.15 bits per heavy atom. The Balaban J connectivity index is 1.47. The van der Waals surface area contributed by atoms with Crippen LogP contribution in [0.15, 0.2) is 54.6 Å². The number of hydrogen-bond donors (Lipinski definition) is 0. The van der Waals surface area contributed by atoms with Gasteiger partial charge in [0.15, 0.2) is 0 Å². The molecule has 0 aliphatic carbocycles. The lowest BCUT2D eigenvalue weighted by atomic mass is 9.85. The number of benzene rings is 2. The van der Waals surface area contributed by atoms with Crippen molar-refractivity contribution < 1.29 is 9.53 Å². The van der Waals surface area contributed by atoms with E-state index < -0.39 is 0 Å². The second kappa shape index (κ2) is 9.18. The molecule has 0 amide bonds. The highest BCUT2D eigenvalue weighted by molar-refractivity contribution is 5.78. The molecule has 3 rings (SSSR count). The Bertz CT molecular complexity index is 714. The van der Waals surface area contributed by atoms with Gasteiger partial charge in [-0.25, -0.2) is 0 Å². The zero-order valence-electron chi connectivity index (χ0n) is 16.7. The highest BCUT2D eigenvalue weighted by atomic mass is 16.5. The maximum Gasteiger partial charge on any atom is 0.133 e. The van der Waals surface area contributed by atoms with Gasteiger partial charge in [-0.05, 0) is 63.3 Å². The van der Waals surface area contributed by atoms with Gasteiger partial charge in [0.1, 0.15) is 18.1 Å². The number of carbonyl (C=O) groups excluding carboxylic acids is 1. The summed E-state index contributed by atoms with van der Waals surface area (Å²) in [6.07, 6.45) is 2.88. The highest BCUT2D eigenvalue weighted by Crippen LogP contribution is 2.28. The van der Waals surface area contributed by atoms with Crippen LogP contribution in [-0.2, 0) is 11.2 Å². The van der Waals surface area contributed by atoms with Crippen molar-refractivity contribution in [2.24, 2.45) is 5.92 Å². The molecule has 3 atom stereocenters. The topological polar surface area (TPSA) is 29.5 Å². The van der Waals surface area contributed by atoms with Crippen LogP contribution in [0.5, 0.6) is 5.75 Å². The van der Waals surface area contributed by atoms with Crippen LogP contribution in [0.3, 0.4) is 0 Å². The first-order chi connectivity index (χ1) is 13.0. The van der Waals surface area contributed by atoms with Crippen LogP contribution in [0, 0.1) is 5.92 Å². The summed E-state index contributed by atoms with van der Waals surface area (Å²) < 4.78 is 5.98. The molecule has 1 unspecified atom stereocenters. The van der Waals surface area contributed by atoms with E-state index in [9.17, 15) is 4.79 Å². The molecular weight excluding hydrogens is 334 g/mol. The summed E-state index contributed by atoms with van der Waals surface area (Å²) in [6.45, 7) is 7.76. The van der Waals surface area contributed by atoms with Gasteiger partial charge >= 0.3 is 0 Å². The van der Waals surface area contributed by atoms with Gasteiger partial charge in [0, 0.05) is 24.5 Å². The number of ether oxygens (including phenoxy) is 1. The minimum Gasteiger partial charge on any atom is -0.492 e. The molecule has 3 heteroatoms. The number of ketones is 1. The average molecular weight is 366 g/mol. The summed E-state index contributed by atoms with van der Waals surface area (Å²) in [4.78, 5) is 14.2. The lowest BCUT2D eigenvalue weighted by molar-refractivity contribution is -0.123. The van der Waals surface area contributed by atoms with Crippen LogP contribution in [-0.4, -0.2) is 35.9 Å². The minimum absolute atomic E-state index is 0.226. The van der Waals surface area contributed by atoms with Crippen molar-refractivity contribution in [2.45, 2.75) is 52.1 Å². The molecule has 0 radical (unpaired) electrons. The fraction of sp³-hybridized carbons (Fsp3) is 0.458. The average Bonchev–Trinajstić information content (AvgIpc) is 2.66. The maximum absolute atomic E-state index is 11.7. The summed E-state index contributed by atoms with van der Waals surface area (Å²) in [5, 5.41) is 0. The second-order valence-corrected chi connectivity index (χ2v) is 7.87. The lowest BCUT2D eigenvalue weighted by Gasteiger charge is -2.41. The summed E-state index contributed by atoms with van der Waals surface area (Å²) in [7, 11) is 0. The predicted octanol–water partition coefficient (Wildman–Crippen LogP) is 4.73. The molecule has 0 spiro atoms. The molecule has 1 saturated heterocycles. The van der Waals surface area contributed by atoms with E-state index in [-0.39, 0.29) is 5.92 Å². The molecule has 27 heavy (non-hydrogen) atoms. The zero-order chi connectivity index (χ0) is 19.2. The summed E-state index contributed by atoms with van der Waals surface area (Å²) in [5.74, 6) is 1.48. The van der Waals surface area contributed by atoms with Crippen molar-refractivity contribution in [2.75, 3.05) is 13.2 Å². The van der Waals surface area contributed by atoms with Crippen molar-refractivity contribution in [1.82, 2.24) is 4.90 Å². The molecule has 0 saturated carbocycles. The van der Waals surface area contributed by atoms with Gasteiger partial charge in [-0.1, -0.05) is 42.5 Å². The van der Waals surface area contributed by atoms with E-state index in [0.717, 1.165) is 31.6 Å². The van der Waals surface area contributed by atoms with Crippen molar-refractivity contribution >= 4 is 5.78 Å². The third-order valence-corrected chi connectivity index (χ3v) is 5.75. The molecule has 3 nitrogen and oxygen atoms in total. The van der Waals surface area contributed by atoms with Crippen LogP contribution >= 0.6 is 0 Å². The van der Waals surface area contributed by atoms with Crippen LogP contribution in [0.2, 0.25) is 0 Å². The molecule has 1 aliphatic heterocycles. The van der Waals surface area contributed by atoms with E-state index in [2.05, 4.69) is 67.3 Å². The molecule has 0 aromatic heterocycles. The van der Waals surface area contributed by atoms with Crippen LogP contribution < -0.4 is 4.74 Å². The molecular formula is C24H31NO2. The van der Waals surface area contributed by atoms with E-state index in [4.69, 9.17) is 4.74 Å². The summed E-state index contributed by atoms with van der Waals surface area (Å²) in [5.41, 5.74) is 2.62. The van der Waals surface area contributed by atoms with Gasteiger partial charge in [-0.2, -0.15) is 0 Å². The highest BCUT2D eigenvalue weighted by Gasteiger charge is 2.32. The van der Waals surface area contributed by atoms with E-state index >= 15 is 0 Å². The lowest BCUT2D eigenvalue weighted by Crippen LogP contribution is -2.49. The normalized spacial score (nSPS) is 23.1. The van der Waals surface area contributed by atoms with E-state index in [1.165, 1.54) is 11.1 Å². The van der Waals surface area contributed by atoms with Gasteiger partial charge in [0.25, 0.3) is 0 Å². The number of carbonyl (C=O) groups is 1. The van der Waals surface area contributed by atoms with Crippen molar-refractivity contribution in [3.63, 3.8) is 0 Å². The predicted molar refractivity (Wildman–Crippen MR) is 110 cm³/mol. The zero-order valence-corrected chi connectivity index (χ0v) is 16.7. The number of Topliss-reactive ketones (excluding diaryl/α,β-unsaturated/α-hetero) is 1. The first-order valence-electron chi connectivity index (χ1n) is 10.0. The first-order valence-corrected chi connectivity index (χ1v) is 10.0. The van der Waals surface area contributed by atoms with Gasteiger partial charge in [0.2, 0.25) is 0 Å². The molecule has 2 aromatic rings. The Morgan fingerprint density at radius 2 is 1.56 bits per heavy atom. The van der Waals surface area contributed by atoms with Crippen molar-refractivity contribution in [3.05, 3.63) is 65.7 Å².